The molecular weight excluding hydrogens is 405 g/mol. The predicted molar refractivity (Wildman–Crippen MR) is 87.4 cm³/mol. The van der Waals surface area contributed by atoms with Crippen molar-refractivity contribution in [3.8, 4) is 5.69 Å². The van der Waals surface area contributed by atoms with Gasteiger partial charge >= 0.3 is 0 Å². The molecule has 0 atom stereocenters. The van der Waals surface area contributed by atoms with E-state index in [1.165, 1.54) is 3.57 Å². The van der Waals surface area contributed by atoms with Crippen LogP contribution >= 0.6 is 38.5 Å². The van der Waals surface area contributed by atoms with Crippen molar-refractivity contribution in [3.05, 3.63) is 50.8 Å². The first-order chi connectivity index (χ1) is 8.61. The van der Waals surface area contributed by atoms with Crippen molar-refractivity contribution in [2.75, 3.05) is 11.9 Å². The summed E-state index contributed by atoms with van der Waals surface area (Å²) in [4.78, 5) is 4.48. The highest BCUT2D eigenvalue weighted by molar-refractivity contribution is 14.1. The highest BCUT2D eigenvalue weighted by atomic mass is 127. The SMILES string of the molecule is C=CCNc1nc(C)cn1-c1cc(I)ccc1Br. The summed E-state index contributed by atoms with van der Waals surface area (Å²) < 4.78 is 4.28. The van der Waals surface area contributed by atoms with Gasteiger partial charge in [-0.3, -0.25) is 4.57 Å². The Morgan fingerprint density at radius 2 is 2.33 bits per heavy atom. The van der Waals surface area contributed by atoms with Gasteiger partial charge in [-0.15, -0.1) is 6.58 Å². The molecule has 0 saturated carbocycles. The molecule has 0 bridgehead atoms. The molecule has 0 aliphatic rings. The number of aromatic nitrogens is 2. The monoisotopic (exact) mass is 417 g/mol. The van der Waals surface area contributed by atoms with Crippen LogP contribution in [-0.4, -0.2) is 16.1 Å². The lowest BCUT2D eigenvalue weighted by Gasteiger charge is -2.10. The van der Waals surface area contributed by atoms with Crippen LogP contribution in [0.4, 0.5) is 5.95 Å². The highest BCUT2D eigenvalue weighted by Gasteiger charge is 2.10. The van der Waals surface area contributed by atoms with Crippen LogP contribution in [0.15, 0.2) is 41.5 Å². The minimum absolute atomic E-state index is 0.692. The highest BCUT2D eigenvalue weighted by Crippen LogP contribution is 2.26. The van der Waals surface area contributed by atoms with E-state index in [-0.39, 0.29) is 0 Å². The molecule has 1 N–H and O–H groups in total. The van der Waals surface area contributed by atoms with E-state index in [4.69, 9.17) is 0 Å². The lowest BCUT2D eigenvalue weighted by molar-refractivity contribution is 1.03. The first-order valence-corrected chi connectivity index (χ1v) is 7.35. The zero-order valence-electron chi connectivity index (χ0n) is 9.95. The van der Waals surface area contributed by atoms with Gasteiger partial charge in [0, 0.05) is 20.8 Å². The van der Waals surface area contributed by atoms with Gasteiger partial charge < -0.3 is 5.32 Å². The number of nitrogens with zero attached hydrogens (tertiary/aromatic N) is 2. The van der Waals surface area contributed by atoms with Crippen molar-refractivity contribution in [2.45, 2.75) is 6.92 Å². The second-order valence-corrected chi connectivity index (χ2v) is 5.94. The fourth-order valence-electron chi connectivity index (χ4n) is 1.64. The molecule has 0 spiro atoms. The van der Waals surface area contributed by atoms with Gasteiger partial charge in [-0.1, -0.05) is 6.08 Å². The number of halogens is 2. The van der Waals surface area contributed by atoms with Crippen LogP contribution in [0, 0.1) is 10.5 Å². The molecule has 0 aliphatic carbocycles. The second kappa shape index (κ2) is 5.88. The number of hydrogen-bond acceptors (Lipinski definition) is 2. The van der Waals surface area contributed by atoms with E-state index in [0.717, 1.165) is 21.8 Å². The summed E-state index contributed by atoms with van der Waals surface area (Å²) in [5.74, 6) is 0.829. The van der Waals surface area contributed by atoms with Gasteiger partial charge in [-0.2, -0.15) is 0 Å². The van der Waals surface area contributed by atoms with Crippen molar-refractivity contribution >= 4 is 44.5 Å². The van der Waals surface area contributed by atoms with Gasteiger partial charge in [0.15, 0.2) is 0 Å². The lowest BCUT2D eigenvalue weighted by atomic mass is 10.3. The third-order valence-electron chi connectivity index (χ3n) is 2.40. The van der Waals surface area contributed by atoms with Gasteiger partial charge in [-0.25, -0.2) is 4.98 Å². The fourth-order valence-corrected chi connectivity index (χ4v) is 2.55. The zero-order chi connectivity index (χ0) is 13.1. The van der Waals surface area contributed by atoms with E-state index in [2.05, 4.69) is 67.5 Å². The third kappa shape index (κ3) is 2.95. The quantitative estimate of drug-likeness (QED) is 0.598. The average Bonchev–Trinajstić information content (AvgIpc) is 2.71. The summed E-state index contributed by atoms with van der Waals surface area (Å²) in [6, 6.07) is 6.23. The Labute approximate surface area is 129 Å². The Kier molecular flexibility index (Phi) is 4.45. The molecule has 0 amide bonds. The maximum atomic E-state index is 4.48. The number of hydrogen-bond donors (Lipinski definition) is 1. The van der Waals surface area contributed by atoms with Gasteiger partial charge in [0.25, 0.3) is 0 Å². The van der Waals surface area contributed by atoms with Crippen LogP contribution in [0.3, 0.4) is 0 Å². The van der Waals surface area contributed by atoms with E-state index in [1.807, 2.05) is 29.8 Å². The van der Waals surface area contributed by atoms with Gasteiger partial charge in [0.05, 0.1) is 11.4 Å². The molecule has 3 nitrogen and oxygen atoms in total. The maximum Gasteiger partial charge on any atom is 0.208 e. The Morgan fingerprint density at radius 1 is 1.56 bits per heavy atom. The lowest BCUT2D eigenvalue weighted by Crippen LogP contribution is -2.06. The molecule has 1 heterocycles. The van der Waals surface area contributed by atoms with Crippen molar-refractivity contribution < 1.29 is 0 Å². The molecule has 2 aromatic rings. The van der Waals surface area contributed by atoms with Crippen LogP contribution in [-0.2, 0) is 0 Å². The third-order valence-corrected chi connectivity index (χ3v) is 3.74. The van der Waals surface area contributed by atoms with Crippen LogP contribution in [0.1, 0.15) is 5.69 Å². The van der Waals surface area contributed by atoms with Crippen molar-refractivity contribution in [3.63, 3.8) is 0 Å². The molecule has 1 aromatic carbocycles. The smallest absolute Gasteiger partial charge is 0.208 e. The molecule has 1 aromatic heterocycles. The molecule has 2 rings (SSSR count). The number of aryl methyl sites for hydroxylation is 1. The van der Waals surface area contributed by atoms with Crippen molar-refractivity contribution in [1.82, 2.24) is 9.55 Å². The summed E-state index contributed by atoms with van der Waals surface area (Å²) in [6.45, 7) is 6.38. The summed E-state index contributed by atoms with van der Waals surface area (Å²) >= 11 is 5.88. The van der Waals surface area contributed by atoms with Gasteiger partial charge in [-0.05, 0) is 63.6 Å². The van der Waals surface area contributed by atoms with E-state index in [1.54, 1.807) is 0 Å². The van der Waals surface area contributed by atoms with E-state index >= 15 is 0 Å². The van der Waals surface area contributed by atoms with E-state index in [9.17, 15) is 0 Å². The average molecular weight is 418 g/mol. The largest absolute Gasteiger partial charge is 0.352 e. The fraction of sp³-hybridized carbons (Fsp3) is 0.154. The summed E-state index contributed by atoms with van der Waals surface area (Å²) in [7, 11) is 0. The van der Waals surface area contributed by atoms with Crippen molar-refractivity contribution in [2.24, 2.45) is 0 Å². The van der Waals surface area contributed by atoms with E-state index < -0.39 is 0 Å². The predicted octanol–water partition coefficient (Wildman–Crippen LogP) is 4.15. The number of rotatable bonds is 4. The van der Waals surface area contributed by atoms with E-state index in [0.29, 0.717) is 6.54 Å². The zero-order valence-corrected chi connectivity index (χ0v) is 13.7. The molecule has 0 fully saturated rings. The van der Waals surface area contributed by atoms with Crippen LogP contribution in [0.5, 0.6) is 0 Å². The topological polar surface area (TPSA) is 29.9 Å². The standard InChI is InChI=1S/C13H13BrIN3/c1-3-6-16-13-17-9(2)8-18(13)12-7-10(15)4-5-11(12)14/h3-5,7-8H,1,6H2,2H3,(H,16,17). The Balaban J connectivity index is 2.48. The van der Waals surface area contributed by atoms with Crippen LogP contribution in [0.25, 0.3) is 5.69 Å². The molecule has 0 unspecified atom stereocenters. The second-order valence-electron chi connectivity index (χ2n) is 3.84. The van der Waals surface area contributed by atoms with Crippen LogP contribution in [0.2, 0.25) is 0 Å². The molecule has 0 saturated heterocycles. The van der Waals surface area contributed by atoms with Crippen molar-refractivity contribution in [1.29, 1.82) is 0 Å². The summed E-state index contributed by atoms with van der Waals surface area (Å²) in [6.07, 6.45) is 3.83. The minimum atomic E-state index is 0.692. The first-order valence-electron chi connectivity index (χ1n) is 5.48. The molecule has 0 radical (unpaired) electrons. The Morgan fingerprint density at radius 3 is 3.06 bits per heavy atom. The molecule has 94 valence electrons. The summed E-state index contributed by atoms with van der Waals surface area (Å²) in [5, 5.41) is 3.24. The number of nitrogens with one attached hydrogen (secondary N) is 1. The first kappa shape index (κ1) is 13.6. The molecule has 18 heavy (non-hydrogen) atoms. The molecule has 0 aliphatic heterocycles. The van der Waals surface area contributed by atoms with Gasteiger partial charge in [0.2, 0.25) is 5.95 Å². The van der Waals surface area contributed by atoms with Gasteiger partial charge in [0.1, 0.15) is 0 Å². The Hall–Kier alpha value is -0.820. The number of anilines is 1. The van der Waals surface area contributed by atoms with Crippen LogP contribution < -0.4 is 5.32 Å². The number of imidazole rings is 1. The Bertz CT molecular complexity index is 578. The molecular formula is C13H13BrIN3. The summed E-state index contributed by atoms with van der Waals surface area (Å²) in [5.41, 5.74) is 2.06. The maximum absolute atomic E-state index is 4.48. The molecule has 5 heteroatoms. The minimum Gasteiger partial charge on any atom is -0.352 e. The normalized spacial score (nSPS) is 10.4. The number of benzene rings is 1.